The Morgan fingerprint density at radius 3 is 3.10 bits per heavy atom. The van der Waals surface area contributed by atoms with Gasteiger partial charge in [0.15, 0.2) is 5.82 Å². The summed E-state index contributed by atoms with van der Waals surface area (Å²) in [5.74, 6) is 0.615. The first-order valence-corrected chi connectivity index (χ1v) is 6.87. The molecule has 1 atom stereocenters. The second-order valence-corrected chi connectivity index (χ2v) is 5.35. The summed E-state index contributed by atoms with van der Waals surface area (Å²) in [7, 11) is 0. The Balaban J connectivity index is 1.88. The number of hydrogen-bond acceptors (Lipinski definition) is 4. The summed E-state index contributed by atoms with van der Waals surface area (Å²) in [6.07, 6.45) is 0. The number of nitrogens with zero attached hydrogens (tertiary/aromatic N) is 3. The summed E-state index contributed by atoms with van der Waals surface area (Å²) >= 11 is 5.89. The van der Waals surface area contributed by atoms with Gasteiger partial charge in [0.2, 0.25) is 5.95 Å². The van der Waals surface area contributed by atoms with E-state index in [2.05, 4.69) is 32.3 Å². The van der Waals surface area contributed by atoms with E-state index in [1.54, 1.807) is 6.07 Å². The summed E-state index contributed by atoms with van der Waals surface area (Å²) < 4.78 is 13.8. The van der Waals surface area contributed by atoms with Gasteiger partial charge in [-0.3, -0.25) is 5.10 Å². The van der Waals surface area contributed by atoms with Crippen molar-refractivity contribution in [1.82, 2.24) is 20.5 Å². The molecule has 0 unspecified atom stereocenters. The fourth-order valence-corrected chi connectivity index (χ4v) is 2.48. The van der Waals surface area contributed by atoms with E-state index in [0.717, 1.165) is 19.6 Å². The third-order valence-corrected chi connectivity index (χ3v) is 3.54. The monoisotopic (exact) mass is 295 g/mol. The van der Waals surface area contributed by atoms with E-state index >= 15 is 0 Å². The topological polar surface area (TPSA) is 56.8 Å². The Hall–Kier alpha value is -1.66. The van der Waals surface area contributed by atoms with Gasteiger partial charge in [0, 0.05) is 30.7 Å². The van der Waals surface area contributed by atoms with Gasteiger partial charge in [-0.15, -0.1) is 5.10 Å². The zero-order chi connectivity index (χ0) is 14.1. The van der Waals surface area contributed by atoms with Crippen LogP contribution in [-0.4, -0.2) is 40.9 Å². The van der Waals surface area contributed by atoms with E-state index in [1.165, 1.54) is 12.1 Å². The van der Waals surface area contributed by atoms with Gasteiger partial charge >= 0.3 is 0 Å². The largest absolute Gasteiger partial charge is 0.337 e. The van der Waals surface area contributed by atoms with Crippen molar-refractivity contribution < 1.29 is 4.39 Å². The Bertz CT molecular complexity index is 615. The molecule has 0 aliphatic carbocycles. The Morgan fingerprint density at radius 2 is 2.30 bits per heavy atom. The maximum atomic E-state index is 13.8. The lowest BCUT2D eigenvalue weighted by Gasteiger charge is -2.30. The molecule has 1 saturated heterocycles. The maximum absolute atomic E-state index is 13.8. The highest BCUT2D eigenvalue weighted by molar-refractivity contribution is 6.30. The molecule has 0 saturated carbocycles. The molecule has 2 N–H and O–H groups in total. The van der Waals surface area contributed by atoms with E-state index in [4.69, 9.17) is 11.6 Å². The van der Waals surface area contributed by atoms with Crippen molar-refractivity contribution in [3.63, 3.8) is 0 Å². The van der Waals surface area contributed by atoms with Gasteiger partial charge < -0.3 is 10.2 Å². The van der Waals surface area contributed by atoms with Gasteiger partial charge in [0.05, 0.1) is 5.56 Å². The molecule has 1 aromatic heterocycles. The van der Waals surface area contributed by atoms with Crippen molar-refractivity contribution >= 4 is 17.5 Å². The number of halogens is 2. The summed E-state index contributed by atoms with van der Waals surface area (Å²) in [6.45, 7) is 4.65. The summed E-state index contributed by atoms with van der Waals surface area (Å²) in [6, 6.07) is 4.76. The number of benzene rings is 1. The minimum absolute atomic E-state index is 0.333. The molecule has 1 fully saturated rings. The second-order valence-electron chi connectivity index (χ2n) is 4.91. The van der Waals surface area contributed by atoms with Crippen LogP contribution >= 0.6 is 11.6 Å². The van der Waals surface area contributed by atoms with Crippen LogP contribution < -0.4 is 10.2 Å². The van der Waals surface area contributed by atoms with Crippen LogP contribution in [0, 0.1) is 5.82 Å². The highest BCUT2D eigenvalue weighted by Gasteiger charge is 2.20. The first-order chi connectivity index (χ1) is 9.63. The van der Waals surface area contributed by atoms with E-state index in [1.807, 2.05) is 0 Å². The van der Waals surface area contributed by atoms with Gasteiger partial charge in [-0.2, -0.15) is 4.98 Å². The molecule has 20 heavy (non-hydrogen) atoms. The molecular weight excluding hydrogens is 281 g/mol. The fourth-order valence-electron chi connectivity index (χ4n) is 2.31. The van der Waals surface area contributed by atoms with Crippen LogP contribution in [0.3, 0.4) is 0 Å². The summed E-state index contributed by atoms with van der Waals surface area (Å²) in [5, 5.41) is 10.8. The Kier molecular flexibility index (Phi) is 3.58. The van der Waals surface area contributed by atoms with E-state index < -0.39 is 0 Å². The lowest BCUT2D eigenvalue weighted by atomic mass is 10.2. The van der Waals surface area contributed by atoms with Crippen LogP contribution in [-0.2, 0) is 0 Å². The number of rotatable bonds is 2. The quantitative estimate of drug-likeness (QED) is 0.890. The SMILES string of the molecule is C[C@@H]1CN(c2n[nH]c(-c3cc(Cl)ccc3F)n2)CCN1. The smallest absolute Gasteiger partial charge is 0.245 e. The minimum atomic E-state index is -0.370. The normalized spacial score (nSPS) is 19.4. The van der Waals surface area contributed by atoms with Gasteiger partial charge in [0.25, 0.3) is 0 Å². The van der Waals surface area contributed by atoms with Crippen molar-refractivity contribution in [2.75, 3.05) is 24.5 Å². The molecule has 3 rings (SSSR count). The van der Waals surface area contributed by atoms with Gasteiger partial charge in [-0.1, -0.05) is 11.6 Å². The van der Waals surface area contributed by atoms with Crippen LogP contribution in [0.15, 0.2) is 18.2 Å². The Labute approximate surface area is 121 Å². The zero-order valence-corrected chi connectivity index (χ0v) is 11.8. The molecule has 1 aliphatic heterocycles. The first kappa shape index (κ1) is 13.3. The van der Waals surface area contributed by atoms with Crippen LogP contribution in [0.2, 0.25) is 5.02 Å². The molecule has 0 amide bonds. The van der Waals surface area contributed by atoms with Crippen molar-refractivity contribution in [3.05, 3.63) is 29.0 Å². The molecule has 5 nitrogen and oxygen atoms in total. The molecule has 0 bridgehead atoms. The summed E-state index contributed by atoms with van der Waals surface area (Å²) in [4.78, 5) is 6.45. The number of piperazine rings is 1. The number of nitrogens with one attached hydrogen (secondary N) is 2. The maximum Gasteiger partial charge on any atom is 0.245 e. The molecule has 1 aliphatic rings. The van der Waals surface area contributed by atoms with E-state index in [9.17, 15) is 4.39 Å². The van der Waals surface area contributed by atoms with Crippen LogP contribution in [0.1, 0.15) is 6.92 Å². The average molecular weight is 296 g/mol. The van der Waals surface area contributed by atoms with Crippen LogP contribution in [0.5, 0.6) is 0 Å². The van der Waals surface area contributed by atoms with Crippen molar-refractivity contribution in [2.24, 2.45) is 0 Å². The number of H-pyrrole nitrogens is 1. The van der Waals surface area contributed by atoms with Gasteiger partial charge in [-0.05, 0) is 25.1 Å². The molecule has 106 valence electrons. The molecule has 7 heteroatoms. The predicted molar refractivity (Wildman–Crippen MR) is 76.5 cm³/mol. The zero-order valence-electron chi connectivity index (χ0n) is 11.0. The van der Waals surface area contributed by atoms with E-state index in [-0.39, 0.29) is 5.82 Å². The van der Waals surface area contributed by atoms with Gasteiger partial charge in [0.1, 0.15) is 5.82 Å². The number of aromatic nitrogens is 3. The number of hydrogen-bond donors (Lipinski definition) is 2. The lowest BCUT2D eigenvalue weighted by Crippen LogP contribution is -2.49. The highest BCUT2D eigenvalue weighted by Crippen LogP contribution is 2.24. The standard InChI is InChI=1S/C13H15ClFN5/c1-8-7-20(5-4-16-8)13-17-12(18-19-13)10-6-9(14)2-3-11(10)15/h2-3,6,8,16H,4-5,7H2,1H3,(H,17,18,19)/t8-/m1/s1. The fraction of sp³-hybridized carbons (Fsp3) is 0.385. The molecule has 0 radical (unpaired) electrons. The first-order valence-electron chi connectivity index (χ1n) is 6.49. The summed E-state index contributed by atoms with van der Waals surface area (Å²) in [5.41, 5.74) is 0.333. The van der Waals surface area contributed by atoms with Crippen molar-refractivity contribution in [1.29, 1.82) is 0 Å². The molecular formula is C13H15ClFN5. The molecule has 2 aromatic rings. The third kappa shape index (κ3) is 2.62. The lowest BCUT2D eigenvalue weighted by molar-refractivity contribution is 0.480. The van der Waals surface area contributed by atoms with Crippen LogP contribution in [0.4, 0.5) is 10.3 Å². The molecule has 1 aromatic carbocycles. The van der Waals surface area contributed by atoms with Crippen LogP contribution in [0.25, 0.3) is 11.4 Å². The Morgan fingerprint density at radius 1 is 1.45 bits per heavy atom. The second kappa shape index (κ2) is 5.38. The van der Waals surface area contributed by atoms with E-state index in [0.29, 0.717) is 28.4 Å². The van der Waals surface area contributed by atoms with Crippen molar-refractivity contribution in [2.45, 2.75) is 13.0 Å². The predicted octanol–water partition coefficient (Wildman–Crippen LogP) is 2.06. The average Bonchev–Trinajstić information content (AvgIpc) is 2.91. The molecule has 0 spiro atoms. The minimum Gasteiger partial charge on any atom is -0.337 e. The number of aromatic amines is 1. The molecule has 2 heterocycles. The van der Waals surface area contributed by atoms with Gasteiger partial charge in [-0.25, -0.2) is 4.39 Å². The third-order valence-electron chi connectivity index (χ3n) is 3.31. The highest BCUT2D eigenvalue weighted by atomic mass is 35.5. The van der Waals surface area contributed by atoms with Crippen molar-refractivity contribution in [3.8, 4) is 11.4 Å². The number of anilines is 1.